The van der Waals surface area contributed by atoms with Gasteiger partial charge in [0.15, 0.2) is 0 Å². The second-order valence-corrected chi connectivity index (χ2v) is 7.26. The van der Waals surface area contributed by atoms with Gasteiger partial charge in [-0.1, -0.05) is 22.8 Å². The minimum atomic E-state index is -0.330. The summed E-state index contributed by atoms with van der Waals surface area (Å²) in [4.78, 5) is 19.1. The van der Waals surface area contributed by atoms with Gasteiger partial charge in [-0.05, 0) is 54.8 Å². The highest BCUT2D eigenvalue weighted by Gasteiger charge is 2.34. The van der Waals surface area contributed by atoms with E-state index in [0.29, 0.717) is 34.6 Å². The molecular weight excluding hydrogens is 397 g/mol. The van der Waals surface area contributed by atoms with E-state index in [1.807, 2.05) is 6.07 Å². The average Bonchev–Trinajstić information content (AvgIpc) is 3.38. The first kappa shape index (κ1) is 19.4. The summed E-state index contributed by atoms with van der Waals surface area (Å²) in [6.45, 7) is 0.627. The van der Waals surface area contributed by atoms with Crippen LogP contribution in [-0.2, 0) is 11.2 Å². The molecule has 3 aromatic rings. The second kappa shape index (κ2) is 8.21. The molecule has 0 spiro atoms. The van der Waals surface area contributed by atoms with Crippen molar-refractivity contribution in [2.24, 2.45) is 0 Å². The van der Waals surface area contributed by atoms with Crippen molar-refractivity contribution < 1.29 is 18.4 Å². The van der Waals surface area contributed by atoms with Gasteiger partial charge in [0.1, 0.15) is 17.6 Å². The van der Waals surface area contributed by atoms with E-state index in [2.05, 4.69) is 10.1 Å². The molecule has 1 saturated heterocycles. The van der Waals surface area contributed by atoms with Crippen LogP contribution in [0.15, 0.2) is 47.0 Å². The second-order valence-electron chi connectivity index (χ2n) is 6.85. The lowest BCUT2D eigenvalue weighted by atomic mass is 10.1. The molecule has 8 heteroatoms. The van der Waals surface area contributed by atoms with Gasteiger partial charge < -0.3 is 14.2 Å². The Hall–Kier alpha value is -2.93. The fourth-order valence-corrected chi connectivity index (χ4v) is 3.79. The molecule has 4 rings (SSSR count). The van der Waals surface area contributed by atoms with Crippen LogP contribution in [0, 0.1) is 5.82 Å². The monoisotopic (exact) mass is 415 g/mol. The predicted molar refractivity (Wildman–Crippen MR) is 105 cm³/mol. The maximum absolute atomic E-state index is 13.1. The van der Waals surface area contributed by atoms with Crippen molar-refractivity contribution in [3.63, 3.8) is 0 Å². The summed E-state index contributed by atoms with van der Waals surface area (Å²) >= 11 is 6.16. The zero-order valence-electron chi connectivity index (χ0n) is 15.8. The van der Waals surface area contributed by atoms with Crippen LogP contribution in [0.4, 0.5) is 4.39 Å². The highest BCUT2D eigenvalue weighted by Crippen LogP contribution is 2.33. The minimum Gasteiger partial charge on any atom is -0.495 e. The van der Waals surface area contributed by atoms with Gasteiger partial charge in [-0.3, -0.25) is 4.79 Å². The van der Waals surface area contributed by atoms with Gasteiger partial charge in [-0.2, -0.15) is 4.98 Å². The quantitative estimate of drug-likeness (QED) is 0.616. The molecule has 0 saturated carbocycles. The molecule has 1 aliphatic rings. The molecule has 0 N–H and O–H groups in total. The summed E-state index contributed by atoms with van der Waals surface area (Å²) in [5.74, 6) is 0.976. The summed E-state index contributed by atoms with van der Waals surface area (Å²) in [5, 5.41) is 4.46. The van der Waals surface area contributed by atoms with E-state index in [4.69, 9.17) is 20.9 Å². The van der Waals surface area contributed by atoms with Crippen LogP contribution in [0.3, 0.4) is 0 Å². The molecule has 0 bridgehead atoms. The number of ether oxygens (including phenoxy) is 1. The van der Waals surface area contributed by atoms with E-state index >= 15 is 0 Å². The Morgan fingerprint density at radius 1 is 1.31 bits per heavy atom. The number of benzene rings is 2. The van der Waals surface area contributed by atoms with Crippen molar-refractivity contribution >= 4 is 17.5 Å². The third-order valence-electron chi connectivity index (χ3n) is 4.97. The van der Waals surface area contributed by atoms with Crippen LogP contribution in [0.2, 0.25) is 5.02 Å². The smallest absolute Gasteiger partial charge is 0.249 e. The van der Waals surface area contributed by atoms with Crippen LogP contribution in [0.5, 0.6) is 5.75 Å². The van der Waals surface area contributed by atoms with E-state index in [0.717, 1.165) is 18.4 Å². The Kier molecular flexibility index (Phi) is 5.49. The van der Waals surface area contributed by atoms with Crippen LogP contribution in [0.1, 0.15) is 30.3 Å². The lowest BCUT2D eigenvalue weighted by Gasteiger charge is -2.22. The number of methoxy groups -OCH3 is 1. The van der Waals surface area contributed by atoms with Gasteiger partial charge in [-0.25, -0.2) is 4.39 Å². The largest absolute Gasteiger partial charge is 0.495 e. The molecule has 1 atom stereocenters. The Morgan fingerprint density at radius 3 is 2.83 bits per heavy atom. The minimum absolute atomic E-state index is 0.0322. The predicted octanol–water partition coefficient (Wildman–Crippen LogP) is 4.44. The number of aromatic nitrogens is 2. The highest BCUT2D eigenvalue weighted by atomic mass is 35.5. The number of halogens is 2. The summed E-state index contributed by atoms with van der Waals surface area (Å²) in [6, 6.07) is 10.9. The van der Waals surface area contributed by atoms with Gasteiger partial charge in [-0.15, -0.1) is 0 Å². The van der Waals surface area contributed by atoms with Crippen molar-refractivity contribution in [2.45, 2.75) is 25.3 Å². The van der Waals surface area contributed by atoms with E-state index in [-0.39, 0.29) is 24.2 Å². The Labute approximate surface area is 172 Å². The Bertz CT molecular complexity index is 1020. The van der Waals surface area contributed by atoms with E-state index in [1.165, 1.54) is 12.1 Å². The number of likely N-dealkylation sites (tertiary alicyclic amines) is 1. The first-order valence-corrected chi connectivity index (χ1v) is 9.64. The number of nitrogens with zero attached hydrogens (tertiary/aromatic N) is 3. The van der Waals surface area contributed by atoms with Crippen molar-refractivity contribution in [3.05, 3.63) is 64.8 Å². The molecule has 1 aromatic heterocycles. The molecule has 6 nitrogen and oxygen atoms in total. The number of hydrogen-bond donors (Lipinski definition) is 0. The Balaban J connectivity index is 1.49. The standard InChI is InChI=1S/C21H19ClFN3O3/c1-28-18-9-4-13(11-16(18)22)12-19(27)26-10-2-3-17(26)21-24-20(25-29-21)14-5-7-15(23)8-6-14/h4-9,11,17H,2-3,10,12H2,1H3/t17-/m1/s1. The molecule has 1 fully saturated rings. The van der Waals surface area contributed by atoms with Gasteiger partial charge in [0.05, 0.1) is 18.6 Å². The SMILES string of the molecule is COc1ccc(CC(=O)N2CCC[C@@H]2c2nc(-c3ccc(F)cc3)no2)cc1Cl. The van der Waals surface area contributed by atoms with Crippen LogP contribution in [0.25, 0.3) is 11.4 Å². The van der Waals surface area contributed by atoms with Gasteiger partial charge in [0.25, 0.3) is 0 Å². The first-order valence-electron chi connectivity index (χ1n) is 9.26. The molecule has 1 amide bonds. The van der Waals surface area contributed by atoms with Crippen molar-refractivity contribution in [1.29, 1.82) is 0 Å². The van der Waals surface area contributed by atoms with Crippen molar-refractivity contribution in [1.82, 2.24) is 15.0 Å². The maximum atomic E-state index is 13.1. The van der Waals surface area contributed by atoms with E-state index < -0.39 is 0 Å². The molecule has 1 aliphatic heterocycles. The number of carbonyl (C=O) groups is 1. The first-order chi connectivity index (χ1) is 14.0. The van der Waals surface area contributed by atoms with Gasteiger partial charge >= 0.3 is 0 Å². The van der Waals surface area contributed by atoms with Crippen molar-refractivity contribution in [3.8, 4) is 17.1 Å². The maximum Gasteiger partial charge on any atom is 0.249 e. The number of carbonyl (C=O) groups excluding carboxylic acids is 1. The highest BCUT2D eigenvalue weighted by molar-refractivity contribution is 6.32. The number of rotatable bonds is 5. The van der Waals surface area contributed by atoms with E-state index in [9.17, 15) is 9.18 Å². The number of hydrogen-bond acceptors (Lipinski definition) is 5. The van der Waals surface area contributed by atoms with Gasteiger partial charge in [0.2, 0.25) is 17.6 Å². The molecule has 0 unspecified atom stereocenters. The van der Waals surface area contributed by atoms with Crippen LogP contribution >= 0.6 is 11.6 Å². The summed E-state index contributed by atoms with van der Waals surface area (Å²) in [5.41, 5.74) is 1.47. The van der Waals surface area contributed by atoms with Crippen LogP contribution in [-0.4, -0.2) is 34.6 Å². The van der Waals surface area contributed by atoms with Gasteiger partial charge in [0, 0.05) is 12.1 Å². The summed E-state index contributed by atoms with van der Waals surface area (Å²) in [6.07, 6.45) is 1.83. The topological polar surface area (TPSA) is 68.5 Å². The molecule has 0 aliphatic carbocycles. The average molecular weight is 416 g/mol. The summed E-state index contributed by atoms with van der Waals surface area (Å²) in [7, 11) is 1.55. The summed E-state index contributed by atoms with van der Waals surface area (Å²) < 4.78 is 23.7. The molecule has 2 heterocycles. The fraction of sp³-hybridized carbons (Fsp3) is 0.286. The Morgan fingerprint density at radius 2 is 2.10 bits per heavy atom. The zero-order valence-corrected chi connectivity index (χ0v) is 16.5. The molecule has 0 radical (unpaired) electrons. The van der Waals surface area contributed by atoms with Crippen LogP contribution < -0.4 is 4.74 Å². The lowest BCUT2D eigenvalue weighted by molar-refractivity contribution is -0.131. The lowest BCUT2D eigenvalue weighted by Crippen LogP contribution is -2.32. The normalized spacial score (nSPS) is 16.2. The van der Waals surface area contributed by atoms with E-state index in [1.54, 1.807) is 36.3 Å². The molecular formula is C21H19ClFN3O3. The third kappa shape index (κ3) is 4.10. The molecule has 2 aromatic carbocycles. The molecule has 150 valence electrons. The zero-order chi connectivity index (χ0) is 20.4. The fourth-order valence-electron chi connectivity index (χ4n) is 3.50. The third-order valence-corrected chi connectivity index (χ3v) is 5.27. The molecule has 29 heavy (non-hydrogen) atoms. The van der Waals surface area contributed by atoms with Crippen molar-refractivity contribution in [2.75, 3.05) is 13.7 Å². The number of amides is 1.